The molecular weight excluding hydrogens is 226 g/mol. The van der Waals surface area contributed by atoms with Crippen LogP contribution in [0.25, 0.3) is 0 Å². The van der Waals surface area contributed by atoms with Crippen LogP contribution in [0.5, 0.6) is 0 Å². The maximum absolute atomic E-state index is 11.5. The number of hydrogen-bond acceptors (Lipinski definition) is 3. The molecule has 0 unspecified atom stereocenters. The van der Waals surface area contributed by atoms with Crippen molar-refractivity contribution >= 4 is 5.91 Å². The molecule has 0 saturated carbocycles. The van der Waals surface area contributed by atoms with Crippen molar-refractivity contribution in [3.8, 4) is 0 Å². The molecule has 0 aliphatic rings. The van der Waals surface area contributed by atoms with Gasteiger partial charge in [-0.15, -0.1) is 0 Å². The molecule has 1 aromatic rings. The van der Waals surface area contributed by atoms with Gasteiger partial charge in [0.05, 0.1) is 6.54 Å². The molecule has 0 radical (unpaired) electrons. The highest BCUT2D eigenvalue weighted by molar-refractivity contribution is 5.77. The number of carbonyl (C=O) groups is 1. The predicted molar refractivity (Wildman–Crippen MR) is 73.3 cm³/mol. The molecule has 4 heteroatoms. The summed E-state index contributed by atoms with van der Waals surface area (Å²) in [6.45, 7) is 6.27. The Kier molecular flexibility index (Phi) is 7.03. The van der Waals surface area contributed by atoms with Crippen molar-refractivity contribution in [3.05, 3.63) is 30.1 Å². The molecule has 0 fully saturated rings. The summed E-state index contributed by atoms with van der Waals surface area (Å²) in [6, 6.07) is 3.98. The highest BCUT2D eigenvalue weighted by Gasteiger charge is 2.00. The predicted octanol–water partition coefficient (Wildman–Crippen LogP) is 1.38. The zero-order valence-electron chi connectivity index (χ0n) is 11.3. The first kappa shape index (κ1) is 14.6. The average molecular weight is 249 g/mol. The number of aromatic nitrogens is 1. The molecule has 18 heavy (non-hydrogen) atoms. The number of carbonyl (C=O) groups excluding carboxylic acids is 1. The van der Waals surface area contributed by atoms with E-state index in [2.05, 4.69) is 29.5 Å². The second kappa shape index (κ2) is 8.64. The van der Waals surface area contributed by atoms with Gasteiger partial charge >= 0.3 is 0 Å². The van der Waals surface area contributed by atoms with Crippen molar-refractivity contribution < 1.29 is 4.79 Å². The first-order valence-electron chi connectivity index (χ1n) is 6.55. The summed E-state index contributed by atoms with van der Waals surface area (Å²) in [6.07, 6.45) is 5.52. The summed E-state index contributed by atoms with van der Waals surface area (Å²) in [5.41, 5.74) is 1.23. The summed E-state index contributed by atoms with van der Waals surface area (Å²) >= 11 is 0. The SMILES string of the molecule is CC(C)CCNC(=O)CNCCc1ccncc1. The van der Waals surface area contributed by atoms with Gasteiger partial charge in [-0.2, -0.15) is 0 Å². The van der Waals surface area contributed by atoms with Crippen LogP contribution in [0.4, 0.5) is 0 Å². The van der Waals surface area contributed by atoms with Crippen molar-refractivity contribution in [1.82, 2.24) is 15.6 Å². The van der Waals surface area contributed by atoms with E-state index in [0.29, 0.717) is 12.5 Å². The Morgan fingerprint density at radius 3 is 2.67 bits per heavy atom. The molecule has 100 valence electrons. The van der Waals surface area contributed by atoms with Crippen molar-refractivity contribution in [3.63, 3.8) is 0 Å². The van der Waals surface area contributed by atoms with E-state index in [0.717, 1.165) is 25.9 Å². The van der Waals surface area contributed by atoms with Gasteiger partial charge in [0.2, 0.25) is 5.91 Å². The fourth-order valence-electron chi connectivity index (χ4n) is 1.55. The molecule has 0 saturated heterocycles. The lowest BCUT2D eigenvalue weighted by atomic mass is 10.1. The molecule has 1 heterocycles. The number of nitrogens with one attached hydrogen (secondary N) is 2. The molecular formula is C14H23N3O. The van der Waals surface area contributed by atoms with Gasteiger partial charge in [-0.25, -0.2) is 0 Å². The Balaban J connectivity index is 2.02. The lowest BCUT2D eigenvalue weighted by Crippen LogP contribution is -2.35. The maximum atomic E-state index is 11.5. The minimum atomic E-state index is 0.0744. The van der Waals surface area contributed by atoms with Gasteiger partial charge in [-0.3, -0.25) is 9.78 Å². The monoisotopic (exact) mass is 249 g/mol. The fourth-order valence-corrected chi connectivity index (χ4v) is 1.55. The molecule has 0 bridgehead atoms. The van der Waals surface area contributed by atoms with Gasteiger partial charge in [0.15, 0.2) is 0 Å². The topological polar surface area (TPSA) is 54.0 Å². The molecule has 0 spiro atoms. The van der Waals surface area contributed by atoms with Crippen molar-refractivity contribution in [1.29, 1.82) is 0 Å². The highest BCUT2D eigenvalue weighted by Crippen LogP contribution is 1.96. The van der Waals surface area contributed by atoms with Crippen molar-refractivity contribution in [2.24, 2.45) is 5.92 Å². The lowest BCUT2D eigenvalue weighted by Gasteiger charge is -2.08. The average Bonchev–Trinajstić information content (AvgIpc) is 2.35. The van der Waals surface area contributed by atoms with E-state index in [4.69, 9.17) is 0 Å². The van der Waals surface area contributed by atoms with E-state index in [9.17, 15) is 4.79 Å². The van der Waals surface area contributed by atoms with E-state index in [1.165, 1.54) is 5.56 Å². The number of nitrogens with zero attached hydrogens (tertiary/aromatic N) is 1. The van der Waals surface area contributed by atoms with Crippen LogP contribution in [0.3, 0.4) is 0 Å². The van der Waals surface area contributed by atoms with Crippen LogP contribution in [0.2, 0.25) is 0 Å². The van der Waals surface area contributed by atoms with E-state index >= 15 is 0 Å². The number of pyridine rings is 1. The minimum Gasteiger partial charge on any atom is -0.355 e. The van der Waals surface area contributed by atoms with Gasteiger partial charge in [0, 0.05) is 18.9 Å². The first-order chi connectivity index (χ1) is 8.68. The molecule has 0 aliphatic carbocycles. The third-order valence-corrected chi connectivity index (χ3v) is 2.67. The van der Waals surface area contributed by atoms with Crippen LogP contribution in [0.1, 0.15) is 25.8 Å². The second-order valence-electron chi connectivity index (χ2n) is 4.81. The molecule has 0 aromatic carbocycles. The van der Waals surface area contributed by atoms with Gasteiger partial charge in [0.25, 0.3) is 0 Å². The summed E-state index contributed by atoms with van der Waals surface area (Å²) in [7, 11) is 0. The molecule has 0 aliphatic heterocycles. The van der Waals surface area contributed by atoms with E-state index in [1.54, 1.807) is 12.4 Å². The molecule has 4 nitrogen and oxygen atoms in total. The number of amides is 1. The Hall–Kier alpha value is -1.42. The van der Waals surface area contributed by atoms with Crippen LogP contribution < -0.4 is 10.6 Å². The highest BCUT2D eigenvalue weighted by atomic mass is 16.1. The van der Waals surface area contributed by atoms with E-state index < -0.39 is 0 Å². The molecule has 1 amide bonds. The van der Waals surface area contributed by atoms with E-state index in [-0.39, 0.29) is 5.91 Å². The maximum Gasteiger partial charge on any atom is 0.233 e. The Labute approximate surface area is 109 Å². The normalized spacial score (nSPS) is 10.6. The number of hydrogen-bond donors (Lipinski definition) is 2. The van der Waals surface area contributed by atoms with Gasteiger partial charge in [-0.05, 0) is 43.0 Å². The summed E-state index contributed by atoms with van der Waals surface area (Å²) in [5, 5.41) is 6.04. The third kappa shape index (κ3) is 7.01. The van der Waals surface area contributed by atoms with Crippen LogP contribution in [-0.2, 0) is 11.2 Å². The first-order valence-corrected chi connectivity index (χ1v) is 6.55. The third-order valence-electron chi connectivity index (χ3n) is 2.67. The summed E-state index contributed by atoms with van der Waals surface area (Å²) in [5.74, 6) is 0.704. The quantitative estimate of drug-likeness (QED) is 0.684. The van der Waals surface area contributed by atoms with Gasteiger partial charge in [-0.1, -0.05) is 13.8 Å². The molecule has 1 rings (SSSR count). The lowest BCUT2D eigenvalue weighted by molar-refractivity contribution is -0.120. The van der Waals surface area contributed by atoms with Crippen LogP contribution >= 0.6 is 0 Å². The minimum absolute atomic E-state index is 0.0744. The van der Waals surface area contributed by atoms with E-state index in [1.807, 2.05) is 12.1 Å². The Bertz CT molecular complexity index is 338. The van der Waals surface area contributed by atoms with Crippen molar-refractivity contribution in [2.45, 2.75) is 26.7 Å². The summed E-state index contributed by atoms with van der Waals surface area (Å²) in [4.78, 5) is 15.4. The fraction of sp³-hybridized carbons (Fsp3) is 0.571. The Morgan fingerprint density at radius 2 is 2.00 bits per heavy atom. The molecule has 0 atom stereocenters. The van der Waals surface area contributed by atoms with Gasteiger partial charge < -0.3 is 10.6 Å². The zero-order valence-corrected chi connectivity index (χ0v) is 11.3. The van der Waals surface area contributed by atoms with Crippen LogP contribution in [0.15, 0.2) is 24.5 Å². The van der Waals surface area contributed by atoms with Crippen molar-refractivity contribution in [2.75, 3.05) is 19.6 Å². The zero-order chi connectivity index (χ0) is 13.2. The largest absolute Gasteiger partial charge is 0.355 e. The van der Waals surface area contributed by atoms with Crippen LogP contribution in [-0.4, -0.2) is 30.5 Å². The molecule has 2 N–H and O–H groups in total. The smallest absolute Gasteiger partial charge is 0.233 e. The standard InChI is InChI=1S/C14H23N3O/c1-12(2)3-10-17-14(18)11-16-9-6-13-4-7-15-8-5-13/h4-5,7-8,12,16H,3,6,9-11H2,1-2H3,(H,17,18). The Morgan fingerprint density at radius 1 is 1.28 bits per heavy atom. The number of rotatable bonds is 8. The van der Waals surface area contributed by atoms with Gasteiger partial charge in [0.1, 0.15) is 0 Å². The molecule has 1 aromatic heterocycles. The van der Waals surface area contributed by atoms with Crippen LogP contribution in [0, 0.1) is 5.92 Å². The second-order valence-corrected chi connectivity index (χ2v) is 4.81. The summed E-state index contributed by atoms with van der Waals surface area (Å²) < 4.78 is 0.